The molecule has 0 N–H and O–H groups in total. The number of hydrogen-bond donors (Lipinski definition) is 0. The summed E-state index contributed by atoms with van der Waals surface area (Å²) < 4.78 is 22.8. The Morgan fingerprint density at radius 3 is 2.74 bits per heavy atom. The monoisotopic (exact) mass is 399 g/mol. The first-order valence-electron chi connectivity index (χ1n) is 4.85. The van der Waals surface area contributed by atoms with Gasteiger partial charge in [-0.3, -0.25) is 14.9 Å². The molecule has 0 spiro atoms. The molecule has 0 heterocycles. The molecule has 0 radical (unpaired) electrons. The summed E-state index contributed by atoms with van der Waals surface area (Å²) >= 11 is 5.97. The van der Waals surface area contributed by atoms with Gasteiger partial charge in [0.15, 0.2) is 0 Å². The van der Waals surface area contributed by atoms with E-state index in [-0.39, 0.29) is 16.8 Å². The van der Waals surface area contributed by atoms with Gasteiger partial charge in [0.05, 0.1) is 22.6 Å². The number of rotatable bonds is 5. The molecule has 0 bridgehead atoms. The Balaban J connectivity index is 2.94. The van der Waals surface area contributed by atoms with E-state index in [0.717, 1.165) is 12.1 Å². The lowest BCUT2D eigenvalue weighted by Crippen LogP contribution is -2.23. The van der Waals surface area contributed by atoms with E-state index in [1.54, 1.807) is 0 Å². The van der Waals surface area contributed by atoms with Crippen LogP contribution in [0.5, 0.6) is 5.75 Å². The molecule has 1 unspecified atom stereocenters. The van der Waals surface area contributed by atoms with Gasteiger partial charge in [-0.05, 0) is 22.0 Å². The fourth-order valence-corrected chi connectivity index (χ4v) is 2.03. The van der Waals surface area contributed by atoms with Crippen molar-refractivity contribution in [3.05, 3.63) is 32.5 Å². The van der Waals surface area contributed by atoms with Crippen LogP contribution in [0.4, 0.5) is 10.1 Å². The van der Waals surface area contributed by atoms with Crippen molar-refractivity contribution in [2.75, 3.05) is 13.7 Å². The van der Waals surface area contributed by atoms with E-state index in [0.29, 0.717) is 0 Å². The lowest BCUT2D eigenvalue weighted by atomic mass is 10.3. The summed E-state index contributed by atoms with van der Waals surface area (Å²) in [6.45, 7) is -0.197. The summed E-state index contributed by atoms with van der Waals surface area (Å²) in [6, 6.07) is 1.77. The van der Waals surface area contributed by atoms with Crippen LogP contribution in [0.1, 0.15) is 0 Å². The van der Waals surface area contributed by atoms with Crippen molar-refractivity contribution in [3.8, 4) is 5.75 Å². The predicted octanol–water partition coefficient (Wildman–Crippen LogP) is 2.81. The Morgan fingerprint density at radius 1 is 1.58 bits per heavy atom. The molecule has 0 saturated heterocycles. The molecule has 0 aliphatic rings. The zero-order chi connectivity index (χ0) is 14.6. The first kappa shape index (κ1) is 15.8. The SMILES string of the molecule is COC(=O)C(Br)COc1c(Br)cc(F)cc1[N+](=O)[O-]. The minimum absolute atomic E-state index is 0.0868. The summed E-state index contributed by atoms with van der Waals surface area (Å²) in [5.74, 6) is -1.50. The quantitative estimate of drug-likeness (QED) is 0.328. The molecule has 0 aromatic heterocycles. The summed E-state index contributed by atoms with van der Waals surface area (Å²) in [5, 5.41) is 10.8. The van der Waals surface area contributed by atoms with Crippen molar-refractivity contribution >= 4 is 43.5 Å². The molecular formula is C10H8Br2FNO5. The van der Waals surface area contributed by atoms with E-state index in [1.165, 1.54) is 7.11 Å². The van der Waals surface area contributed by atoms with E-state index in [1.807, 2.05) is 0 Å². The van der Waals surface area contributed by atoms with Gasteiger partial charge in [-0.15, -0.1) is 0 Å². The highest BCUT2D eigenvalue weighted by molar-refractivity contribution is 9.10. The second-order valence-corrected chi connectivity index (χ2v) is 5.25. The first-order chi connectivity index (χ1) is 8.86. The van der Waals surface area contributed by atoms with Gasteiger partial charge in [0.25, 0.3) is 0 Å². The van der Waals surface area contributed by atoms with Gasteiger partial charge < -0.3 is 9.47 Å². The number of nitro groups is 1. The highest BCUT2D eigenvalue weighted by Crippen LogP contribution is 2.36. The largest absolute Gasteiger partial charge is 0.484 e. The van der Waals surface area contributed by atoms with Crippen LogP contribution >= 0.6 is 31.9 Å². The normalized spacial score (nSPS) is 11.8. The number of nitrogens with zero attached hydrogens (tertiary/aromatic N) is 1. The third kappa shape index (κ3) is 4.13. The zero-order valence-electron chi connectivity index (χ0n) is 9.56. The fourth-order valence-electron chi connectivity index (χ4n) is 1.18. The lowest BCUT2D eigenvalue weighted by Gasteiger charge is -2.11. The summed E-state index contributed by atoms with van der Waals surface area (Å²) in [4.78, 5) is 20.4. The number of benzene rings is 1. The van der Waals surface area contributed by atoms with Gasteiger partial charge in [0.2, 0.25) is 5.75 Å². The molecule has 0 amide bonds. The fraction of sp³-hybridized carbons (Fsp3) is 0.300. The summed E-state index contributed by atoms with van der Waals surface area (Å²) in [6.07, 6.45) is 0. The molecule has 0 fully saturated rings. The van der Waals surface area contributed by atoms with Gasteiger partial charge in [-0.1, -0.05) is 15.9 Å². The molecule has 9 heteroatoms. The Bertz CT molecular complexity index is 511. The van der Waals surface area contributed by atoms with Gasteiger partial charge >= 0.3 is 11.7 Å². The van der Waals surface area contributed by atoms with Gasteiger partial charge in [0, 0.05) is 0 Å². The zero-order valence-corrected chi connectivity index (χ0v) is 12.7. The number of nitro benzene ring substituents is 1. The Morgan fingerprint density at radius 2 is 2.21 bits per heavy atom. The Hall–Kier alpha value is -1.22. The van der Waals surface area contributed by atoms with Crippen molar-refractivity contribution in [1.29, 1.82) is 0 Å². The number of carbonyl (C=O) groups is 1. The van der Waals surface area contributed by atoms with Crippen LogP contribution in [0.2, 0.25) is 0 Å². The summed E-state index contributed by atoms with van der Waals surface area (Å²) in [5.41, 5.74) is -0.531. The molecule has 6 nitrogen and oxygen atoms in total. The molecule has 0 aliphatic carbocycles. The standard InChI is InChI=1S/C10H8Br2FNO5/c1-18-10(15)7(12)4-19-9-6(11)2-5(13)3-8(9)14(16)17/h2-3,7H,4H2,1H3. The maximum absolute atomic E-state index is 13.1. The molecule has 0 saturated carbocycles. The van der Waals surface area contributed by atoms with Crippen molar-refractivity contribution in [3.63, 3.8) is 0 Å². The maximum atomic E-state index is 13.1. The molecule has 1 aromatic carbocycles. The smallest absolute Gasteiger partial charge is 0.322 e. The van der Waals surface area contributed by atoms with Crippen LogP contribution in [0.25, 0.3) is 0 Å². The van der Waals surface area contributed by atoms with Gasteiger partial charge in [-0.2, -0.15) is 0 Å². The van der Waals surface area contributed by atoms with Crippen LogP contribution in [-0.2, 0) is 9.53 Å². The lowest BCUT2D eigenvalue weighted by molar-refractivity contribution is -0.386. The minimum Gasteiger partial charge on any atom is -0.484 e. The van der Waals surface area contributed by atoms with Gasteiger partial charge in [-0.25, -0.2) is 4.39 Å². The van der Waals surface area contributed by atoms with E-state index < -0.39 is 27.2 Å². The second kappa shape index (κ2) is 6.80. The molecule has 104 valence electrons. The van der Waals surface area contributed by atoms with Crippen LogP contribution in [0, 0.1) is 15.9 Å². The predicted molar refractivity (Wildman–Crippen MR) is 71.0 cm³/mol. The van der Waals surface area contributed by atoms with Crippen LogP contribution < -0.4 is 4.74 Å². The number of alkyl halides is 1. The van der Waals surface area contributed by atoms with Crippen molar-refractivity contribution < 1.29 is 23.6 Å². The molecule has 1 rings (SSSR count). The third-order valence-corrected chi connectivity index (χ3v) is 3.24. The van der Waals surface area contributed by atoms with Crippen molar-refractivity contribution in [2.45, 2.75) is 4.83 Å². The number of ether oxygens (including phenoxy) is 2. The highest BCUT2D eigenvalue weighted by Gasteiger charge is 2.23. The van der Waals surface area contributed by atoms with E-state index in [9.17, 15) is 19.3 Å². The van der Waals surface area contributed by atoms with Crippen LogP contribution in [0.15, 0.2) is 16.6 Å². The van der Waals surface area contributed by atoms with E-state index >= 15 is 0 Å². The van der Waals surface area contributed by atoms with Crippen LogP contribution in [0.3, 0.4) is 0 Å². The van der Waals surface area contributed by atoms with Crippen molar-refractivity contribution in [2.24, 2.45) is 0 Å². The van der Waals surface area contributed by atoms with Crippen molar-refractivity contribution in [1.82, 2.24) is 0 Å². The van der Waals surface area contributed by atoms with Crippen LogP contribution in [-0.4, -0.2) is 29.4 Å². The Labute approximate surface area is 124 Å². The molecule has 0 aliphatic heterocycles. The number of methoxy groups -OCH3 is 1. The average Bonchev–Trinajstić information content (AvgIpc) is 2.35. The third-order valence-electron chi connectivity index (χ3n) is 2.02. The van der Waals surface area contributed by atoms with E-state index in [2.05, 4.69) is 36.6 Å². The molecule has 1 atom stereocenters. The molecule has 1 aromatic rings. The number of halogens is 3. The number of hydrogen-bond acceptors (Lipinski definition) is 5. The highest BCUT2D eigenvalue weighted by atomic mass is 79.9. The number of carbonyl (C=O) groups excluding carboxylic acids is 1. The molecular weight excluding hydrogens is 393 g/mol. The second-order valence-electron chi connectivity index (χ2n) is 3.29. The summed E-state index contributed by atoms with van der Waals surface area (Å²) in [7, 11) is 1.20. The van der Waals surface area contributed by atoms with E-state index in [4.69, 9.17) is 4.74 Å². The average molecular weight is 401 g/mol. The topological polar surface area (TPSA) is 78.7 Å². The first-order valence-corrected chi connectivity index (χ1v) is 6.55. The minimum atomic E-state index is -0.783. The van der Waals surface area contributed by atoms with Gasteiger partial charge in [0.1, 0.15) is 17.3 Å². The number of esters is 1. The molecule has 19 heavy (non-hydrogen) atoms. The Kier molecular flexibility index (Phi) is 5.67. The maximum Gasteiger partial charge on any atom is 0.322 e.